The van der Waals surface area contributed by atoms with Crippen molar-refractivity contribution < 1.29 is 71.3 Å². The molecule has 0 aliphatic carbocycles. The summed E-state index contributed by atoms with van der Waals surface area (Å²) in [5.41, 5.74) is -6.46. The first kappa shape index (κ1) is 31.2. The molecule has 0 aliphatic heterocycles. The highest BCUT2D eigenvalue weighted by Crippen LogP contribution is 2.45. The van der Waals surface area contributed by atoms with Crippen LogP contribution in [-0.4, -0.2) is 19.6 Å². The van der Waals surface area contributed by atoms with Crippen LogP contribution in [-0.2, 0) is 0 Å². The minimum absolute atomic E-state index is 0.139. The molecule has 0 unspecified atom stereocenters. The number of hydrogen-bond acceptors (Lipinski definition) is 3. The van der Waals surface area contributed by atoms with E-state index in [1.807, 2.05) is 0 Å². The minimum atomic E-state index is -5.86. The molecule has 41 heavy (non-hydrogen) atoms. The van der Waals surface area contributed by atoms with Crippen molar-refractivity contribution in [3.63, 3.8) is 0 Å². The molecule has 0 fully saturated rings. The Morgan fingerprint density at radius 1 is 0.683 bits per heavy atom. The van der Waals surface area contributed by atoms with Gasteiger partial charge in [0.1, 0.15) is 22.8 Å². The summed E-state index contributed by atoms with van der Waals surface area (Å²) in [6.45, 7) is -2.96. The van der Waals surface area contributed by atoms with Crippen LogP contribution in [0.3, 0.4) is 0 Å². The third-order valence-corrected chi connectivity index (χ3v) is 4.85. The van der Waals surface area contributed by atoms with Gasteiger partial charge < -0.3 is 14.2 Å². The topological polar surface area (TPSA) is 27.7 Å². The van der Waals surface area contributed by atoms with Crippen LogP contribution in [0.25, 0.3) is 11.1 Å². The molecule has 3 rings (SSSR count). The second kappa shape index (κ2) is 12.1. The van der Waals surface area contributed by atoms with Crippen LogP contribution < -0.4 is 14.2 Å². The van der Waals surface area contributed by atoms with Crippen LogP contribution in [0, 0.1) is 58.4 Å². The van der Waals surface area contributed by atoms with Crippen LogP contribution >= 0.6 is 0 Å². The largest absolute Gasteiger partial charge is 0.573 e. The first-order chi connectivity index (χ1) is 19.1. The van der Waals surface area contributed by atoms with E-state index in [9.17, 15) is 48.3 Å². The average Bonchev–Trinajstić information content (AvgIpc) is 2.85. The molecule has 0 atom stereocenters. The Morgan fingerprint density at radius 2 is 1.22 bits per heavy atom. The summed E-state index contributed by atoms with van der Waals surface area (Å²) in [6.07, 6.45) is -5.72. The molecular formula is C25H11F13O3. The van der Waals surface area contributed by atoms with Crippen molar-refractivity contribution >= 4 is 0 Å². The van der Waals surface area contributed by atoms with Crippen LogP contribution in [0.4, 0.5) is 57.1 Å². The van der Waals surface area contributed by atoms with Crippen molar-refractivity contribution in [2.24, 2.45) is 0 Å². The first-order valence-electron chi connectivity index (χ1n) is 10.8. The fourth-order valence-electron chi connectivity index (χ4n) is 3.30. The Hall–Kier alpha value is -4.29. The Labute approximate surface area is 221 Å². The Balaban J connectivity index is 2.43. The Bertz CT molecular complexity index is 1490. The quantitative estimate of drug-likeness (QED) is 0.154. The molecule has 3 aromatic rings. The molecule has 0 heterocycles. The lowest BCUT2D eigenvalue weighted by atomic mass is 9.98. The fourth-order valence-corrected chi connectivity index (χ4v) is 3.30. The average molecular weight is 606 g/mol. The Kier molecular flexibility index (Phi) is 9.19. The van der Waals surface area contributed by atoms with Gasteiger partial charge in [-0.2, -0.15) is 17.6 Å². The monoisotopic (exact) mass is 606 g/mol. The van der Waals surface area contributed by atoms with Gasteiger partial charge in [0.05, 0.1) is 12.2 Å². The van der Waals surface area contributed by atoms with E-state index in [1.54, 1.807) is 0 Å². The second-order valence-corrected chi connectivity index (χ2v) is 7.68. The molecule has 0 spiro atoms. The zero-order valence-electron chi connectivity index (χ0n) is 19.9. The molecule has 3 aromatic carbocycles. The van der Waals surface area contributed by atoms with Crippen LogP contribution in [0.15, 0.2) is 18.2 Å². The number of hydrogen-bond donors (Lipinski definition) is 0. The van der Waals surface area contributed by atoms with Gasteiger partial charge in [0, 0.05) is 6.07 Å². The van der Waals surface area contributed by atoms with Crippen LogP contribution in [0.2, 0.25) is 0 Å². The molecule has 0 amide bonds. The highest BCUT2D eigenvalue weighted by atomic mass is 19.4. The van der Waals surface area contributed by atoms with Crippen molar-refractivity contribution in [3.05, 3.63) is 75.9 Å². The summed E-state index contributed by atoms with van der Waals surface area (Å²) in [5.74, 6) is -19.9. The predicted octanol–water partition coefficient (Wildman–Crippen LogP) is 8.16. The number of rotatable bonds is 7. The molecule has 220 valence electrons. The zero-order valence-corrected chi connectivity index (χ0v) is 19.9. The Morgan fingerprint density at radius 3 is 1.71 bits per heavy atom. The van der Waals surface area contributed by atoms with Crippen LogP contribution in [0.5, 0.6) is 17.2 Å². The van der Waals surface area contributed by atoms with Crippen molar-refractivity contribution in [3.8, 4) is 40.2 Å². The lowest BCUT2D eigenvalue weighted by Crippen LogP contribution is -2.20. The van der Waals surface area contributed by atoms with Gasteiger partial charge in [-0.05, 0) is 24.1 Å². The first-order valence-corrected chi connectivity index (χ1v) is 10.8. The van der Waals surface area contributed by atoms with E-state index in [0.29, 0.717) is 0 Å². The number of alkyl halides is 5. The van der Waals surface area contributed by atoms with Crippen molar-refractivity contribution in [1.82, 2.24) is 0 Å². The van der Waals surface area contributed by atoms with E-state index >= 15 is 8.78 Å². The zero-order chi connectivity index (χ0) is 30.8. The van der Waals surface area contributed by atoms with E-state index in [4.69, 9.17) is 0 Å². The fraction of sp³-hybridized carbons (Fsp3) is 0.200. The molecule has 0 radical (unpaired) electrons. The number of ether oxygens (including phenoxy) is 3. The van der Waals surface area contributed by atoms with E-state index in [2.05, 4.69) is 14.2 Å². The summed E-state index contributed by atoms with van der Waals surface area (Å²) in [4.78, 5) is 0. The van der Waals surface area contributed by atoms with Crippen molar-refractivity contribution in [2.45, 2.75) is 26.3 Å². The van der Waals surface area contributed by atoms with Gasteiger partial charge in [-0.15, -0.1) is 13.2 Å². The number of benzene rings is 3. The van der Waals surface area contributed by atoms with Crippen LogP contribution in [0.1, 0.15) is 24.5 Å². The maximum atomic E-state index is 15.1. The van der Waals surface area contributed by atoms with E-state index in [-0.39, 0.29) is 24.6 Å². The maximum absolute atomic E-state index is 15.1. The third-order valence-electron chi connectivity index (χ3n) is 4.85. The molecule has 0 saturated carbocycles. The molecule has 0 N–H and O–H groups in total. The normalized spacial score (nSPS) is 11.4. The van der Waals surface area contributed by atoms with E-state index < -0.39 is 106 Å². The van der Waals surface area contributed by atoms with Gasteiger partial charge in [0.25, 0.3) is 0 Å². The molecule has 3 nitrogen and oxygen atoms in total. The summed E-state index contributed by atoms with van der Waals surface area (Å²) in [7, 11) is 0. The van der Waals surface area contributed by atoms with Crippen molar-refractivity contribution in [1.29, 1.82) is 0 Å². The highest BCUT2D eigenvalue weighted by Gasteiger charge is 2.38. The molecule has 0 aliphatic rings. The smallest absolute Gasteiger partial charge is 0.487 e. The predicted molar refractivity (Wildman–Crippen MR) is 113 cm³/mol. The lowest BCUT2D eigenvalue weighted by Gasteiger charge is -2.19. The van der Waals surface area contributed by atoms with Gasteiger partial charge in [-0.1, -0.05) is 18.8 Å². The van der Waals surface area contributed by atoms with E-state index in [0.717, 1.165) is 0 Å². The second-order valence-electron chi connectivity index (χ2n) is 7.68. The SMILES string of the molecule is CCCOc1c(F)c(F)c(C#Cc2c(F)c(OC(F)(F)F)c(F)c(-c3cc(F)cc(F)c3)c2OC(F)F)c(F)c1F. The third kappa shape index (κ3) is 6.72. The summed E-state index contributed by atoms with van der Waals surface area (Å²) in [6, 6.07) is 0.617. The van der Waals surface area contributed by atoms with Gasteiger partial charge in [-0.3, -0.25) is 0 Å². The van der Waals surface area contributed by atoms with Gasteiger partial charge in [0.2, 0.25) is 17.4 Å². The molecular weight excluding hydrogens is 595 g/mol. The highest BCUT2D eigenvalue weighted by molar-refractivity contribution is 5.77. The van der Waals surface area contributed by atoms with Crippen molar-refractivity contribution in [2.75, 3.05) is 6.61 Å². The number of halogens is 13. The standard InChI is InChI=1S/C25H11F13O3/c1-2-5-39-22-19(32)15(28)12(16(29)20(22)33)3-4-13-17(30)23(41-25(36,37)38)18(31)14(21(13)40-24(34)35)9-6-10(26)8-11(27)7-9/h6-8,24H,2,5H2,1H3. The van der Waals surface area contributed by atoms with Gasteiger partial charge in [0.15, 0.2) is 34.8 Å². The van der Waals surface area contributed by atoms with Gasteiger partial charge in [-0.25, -0.2) is 26.3 Å². The summed E-state index contributed by atoms with van der Waals surface area (Å²) >= 11 is 0. The molecule has 16 heteroatoms. The minimum Gasteiger partial charge on any atom is -0.487 e. The maximum Gasteiger partial charge on any atom is 0.573 e. The lowest BCUT2D eigenvalue weighted by molar-refractivity contribution is -0.276. The summed E-state index contributed by atoms with van der Waals surface area (Å²) < 4.78 is 192. The van der Waals surface area contributed by atoms with E-state index in [1.165, 1.54) is 18.8 Å². The molecule has 0 bridgehead atoms. The van der Waals surface area contributed by atoms with Gasteiger partial charge >= 0.3 is 13.0 Å². The molecule has 0 aromatic heterocycles. The summed E-state index contributed by atoms with van der Waals surface area (Å²) in [5, 5.41) is 0. The molecule has 0 saturated heterocycles.